The van der Waals surface area contributed by atoms with E-state index in [0.29, 0.717) is 13.0 Å². The average molecular weight is 268 g/mol. The standard InChI is InChI=1S/C16H16N2O2/c1-11-7-8-13(12-5-4-9-17-15(11)12)18-16(19)14-6-2-3-10-20-14/h2-5,7-9,14H,6,10H2,1H3,(H,18,19). The second-order valence-corrected chi connectivity index (χ2v) is 4.85. The summed E-state index contributed by atoms with van der Waals surface area (Å²) in [6.07, 6.45) is 5.87. The van der Waals surface area contributed by atoms with Gasteiger partial charge in [0.05, 0.1) is 17.8 Å². The van der Waals surface area contributed by atoms with E-state index in [-0.39, 0.29) is 5.91 Å². The van der Waals surface area contributed by atoms with E-state index in [1.54, 1.807) is 6.20 Å². The summed E-state index contributed by atoms with van der Waals surface area (Å²) in [5.41, 5.74) is 2.78. The number of ether oxygens (including phenoxy) is 1. The number of amides is 1. The highest BCUT2D eigenvalue weighted by Gasteiger charge is 2.20. The van der Waals surface area contributed by atoms with Crippen molar-refractivity contribution in [2.24, 2.45) is 0 Å². The first-order valence-corrected chi connectivity index (χ1v) is 6.67. The molecular formula is C16H16N2O2. The molecule has 1 aromatic carbocycles. The molecule has 0 bridgehead atoms. The number of carbonyl (C=O) groups excluding carboxylic acids is 1. The first kappa shape index (κ1) is 12.8. The quantitative estimate of drug-likeness (QED) is 0.852. The molecule has 3 rings (SSSR count). The Hall–Kier alpha value is -2.20. The van der Waals surface area contributed by atoms with Gasteiger partial charge in [-0.15, -0.1) is 0 Å². The molecule has 0 spiro atoms. The van der Waals surface area contributed by atoms with Gasteiger partial charge in [-0.05, 0) is 30.7 Å². The van der Waals surface area contributed by atoms with E-state index < -0.39 is 6.10 Å². The monoisotopic (exact) mass is 268 g/mol. The number of pyridine rings is 1. The molecular weight excluding hydrogens is 252 g/mol. The maximum atomic E-state index is 12.2. The summed E-state index contributed by atoms with van der Waals surface area (Å²) in [6.45, 7) is 2.50. The molecule has 4 nitrogen and oxygen atoms in total. The molecule has 4 heteroatoms. The molecule has 1 atom stereocenters. The van der Waals surface area contributed by atoms with Crippen LogP contribution in [-0.4, -0.2) is 23.6 Å². The molecule has 1 aliphatic heterocycles. The zero-order chi connectivity index (χ0) is 13.9. The highest BCUT2D eigenvalue weighted by Crippen LogP contribution is 2.25. The summed E-state index contributed by atoms with van der Waals surface area (Å²) in [4.78, 5) is 16.6. The summed E-state index contributed by atoms with van der Waals surface area (Å²) in [5, 5.41) is 3.90. The van der Waals surface area contributed by atoms with Crippen LogP contribution in [0.2, 0.25) is 0 Å². The first-order chi connectivity index (χ1) is 9.75. The third-order valence-corrected chi connectivity index (χ3v) is 3.43. The molecule has 1 aliphatic rings. The van der Waals surface area contributed by atoms with Gasteiger partial charge in [-0.2, -0.15) is 0 Å². The zero-order valence-electron chi connectivity index (χ0n) is 11.3. The molecule has 1 aromatic heterocycles. The lowest BCUT2D eigenvalue weighted by Gasteiger charge is -2.19. The highest BCUT2D eigenvalue weighted by atomic mass is 16.5. The van der Waals surface area contributed by atoms with Crippen molar-refractivity contribution in [2.75, 3.05) is 11.9 Å². The molecule has 0 saturated carbocycles. The Bertz CT molecular complexity index is 679. The molecule has 1 N–H and O–H groups in total. The third kappa shape index (κ3) is 2.42. The predicted octanol–water partition coefficient (Wildman–Crippen LogP) is 2.83. The smallest absolute Gasteiger partial charge is 0.253 e. The van der Waals surface area contributed by atoms with E-state index in [9.17, 15) is 4.79 Å². The van der Waals surface area contributed by atoms with Gasteiger partial charge in [0.15, 0.2) is 0 Å². The van der Waals surface area contributed by atoms with Crippen LogP contribution in [-0.2, 0) is 9.53 Å². The number of hydrogen-bond acceptors (Lipinski definition) is 3. The molecule has 0 fully saturated rings. The summed E-state index contributed by atoms with van der Waals surface area (Å²) < 4.78 is 5.43. The number of benzene rings is 1. The predicted molar refractivity (Wildman–Crippen MR) is 78.6 cm³/mol. The summed E-state index contributed by atoms with van der Waals surface area (Å²) in [6, 6.07) is 7.71. The van der Waals surface area contributed by atoms with Crippen LogP contribution in [0, 0.1) is 6.92 Å². The van der Waals surface area contributed by atoms with Crippen molar-refractivity contribution in [1.29, 1.82) is 0 Å². The van der Waals surface area contributed by atoms with Gasteiger partial charge in [0, 0.05) is 18.0 Å². The van der Waals surface area contributed by atoms with Crippen molar-refractivity contribution in [3.8, 4) is 0 Å². The highest BCUT2D eigenvalue weighted by molar-refractivity contribution is 6.03. The second-order valence-electron chi connectivity index (χ2n) is 4.85. The zero-order valence-corrected chi connectivity index (χ0v) is 11.3. The van der Waals surface area contributed by atoms with E-state index in [4.69, 9.17) is 4.74 Å². The fourth-order valence-electron chi connectivity index (χ4n) is 2.35. The Morgan fingerprint density at radius 2 is 2.25 bits per heavy atom. The molecule has 0 aliphatic carbocycles. The lowest BCUT2D eigenvalue weighted by atomic mass is 10.1. The summed E-state index contributed by atoms with van der Waals surface area (Å²) >= 11 is 0. The number of anilines is 1. The van der Waals surface area contributed by atoms with Crippen LogP contribution < -0.4 is 5.32 Å². The van der Waals surface area contributed by atoms with Crippen molar-refractivity contribution in [3.05, 3.63) is 48.2 Å². The van der Waals surface area contributed by atoms with E-state index in [1.165, 1.54) is 0 Å². The van der Waals surface area contributed by atoms with Crippen LogP contribution in [0.3, 0.4) is 0 Å². The maximum Gasteiger partial charge on any atom is 0.253 e. The van der Waals surface area contributed by atoms with Gasteiger partial charge in [0.1, 0.15) is 6.10 Å². The van der Waals surface area contributed by atoms with Gasteiger partial charge in [-0.1, -0.05) is 18.2 Å². The number of nitrogens with one attached hydrogen (secondary N) is 1. The fourth-order valence-corrected chi connectivity index (χ4v) is 2.35. The first-order valence-electron chi connectivity index (χ1n) is 6.67. The number of nitrogens with zero attached hydrogens (tertiary/aromatic N) is 1. The van der Waals surface area contributed by atoms with Crippen LogP contribution in [0.4, 0.5) is 5.69 Å². The minimum Gasteiger partial charge on any atom is -0.364 e. The fraction of sp³-hybridized carbons (Fsp3) is 0.250. The third-order valence-electron chi connectivity index (χ3n) is 3.43. The van der Waals surface area contributed by atoms with Gasteiger partial charge in [0.2, 0.25) is 0 Å². The van der Waals surface area contributed by atoms with Crippen LogP contribution in [0.25, 0.3) is 10.9 Å². The Morgan fingerprint density at radius 3 is 3.05 bits per heavy atom. The van der Waals surface area contributed by atoms with Crippen molar-refractivity contribution >= 4 is 22.5 Å². The summed E-state index contributed by atoms with van der Waals surface area (Å²) in [7, 11) is 0. The van der Waals surface area contributed by atoms with Gasteiger partial charge >= 0.3 is 0 Å². The van der Waals surface area contributed by atoms with Crippen LogP contribution in [0.5, 0.6) is 0 Å². The van der Waals surface area contributed by atoms with E-state index in [2.05, 4.69) is 10.3 Å². The van der Waals surface area contributed by atoms with Crippen LogP contribution in [0.1, 0.15) is 12.0 Å². The number of hydrogen-bond donors (Lipinski definition) is 1. The van der Waals surface area contributed by atoms with E-state index in [0.717, 1.165) is 22.2 Å². The van der Waals surface area contributed by atoms with Crippen LogP contribution in [0.15, 0.2) is 42.6 Å². The Labute approximate surface area is 117 Å². The van der Waals surface area contributed by atoms with Crippen LogP contribution >= 0.6 is 0 Å². The Kier molecular flexibility index (Phi) is 3.48. The van der Waals surface area contributed by atoms with E-state index in [1.807, 2.05) is 43.3 Å². The van der Waals surface area contributed by atoms with Gasteiger partial charge in [0.25, 0.3) is 5.91 Å². The second kappa shape index (κ2) is 5.43. The number of carbonyl (C=O) groups is 1. The minimum atomic E-state index is -0.409. The van der Waals surface area contributed by atoms with E-state index >= 15 is 0 Å². The molecule has 0 radical (unpaired) electrons. The lowest BCUT2D eigenvalue weighted by molar-refractivity contribution is -0.126. The molecule has 102 valence electrons. The Balaban J connectivity index is 1.89. The lowest BCUT2D eigenvalue weighted by Crippen LogP contribution is -2.31. The van der Waals surface area contributed by atoms with Crippen molar-refractivity contribution in [1.82, 2.24) is 4.98 Å². The average Bonchev–Trinajstić information content (AvgIpc) is 2.51. The van der Waals surface area contributed by atoms with Crippen molar-refractivity contribution in [3.63, 3.8) is 0 Å². The molecule has 20 heavy (non-hydrogen) atoms. The maximum absolute atomic E-state index is 12.2. The Morgan fingerprint density at radius 1 is 1.35 bits per heavy atom. The van der Waals surface area contributed by atoms with Gasteiger partial charge in [-0.3, -0.25) is 9.78 Å². The molecule has 1 amide bonds. The summed E-state index contributed by atoms with van der Waals surface area (Å²) in [5.74, 6) is -0.108. The normalized spacial score (nSPS) is 18.1. The number of rotatable bonds is 2. The SMILES string of the molecule is Cc1ccc(NC(=O)C2CC=CCO2)c2cccnc12. The van der Waals surface area contributed by atoms with Gasteiger partial charge < -0.3 is 10.1 Å². The largest absolute Gasteiger partial charge is 0.364 e. The molecule has 1 unspecified atom stereocenters. The van der Waals surface area contributed by atoms with Crippen molar-refractivity contribution < 1.29 is 9.53 Å². The topological polar surface area (TPSA) is 51.2 Å². The number of fused-ring (bicyclic) bond motifs is 1. The van der Waals surface area contributed by atoms with Crippen molar-refractivity contribution in [2.45, 2.75) is 19.4 Å². The minimum absolute atomic E-state index is 0.108. The molecule has 2 heterocycles. The number of aromatic nitrogens is 1. The van der Waals surface area contributed by atoms with Gasteiger partial charge in [-0.25, -0.2) is 0 Å². The molecule has 2 aromatic rings. The molecule has 0 saturated heterocycles. The number of aryl methyl sites for hydroxylation is 1.